The Labute approximate surface area is 178 Å². The molecular weight excluding hydrogens is 441 g/mol. The first-order chi connectivity index (χ1) is 14.1. The van der Waals surface area contributed by atoms with Gasteiger partial charge in [0.1, 0.15) is 10.6 Å². The van der Waals surface area contributed by atoms with Gasteiger partial charge >= 0.3 is 6.18 Å². The van der Waals surface area contributed by atoms with Crippen molar-refractivity contribution in [3.8, 4) is 5.75 Å². The molecule has 1 atom stereocenters. The molecule has 2 aromatic rings. The molecule has 1 saturated heterocycles. The molecule has 1 fully saturated rings. The number of benzene rings is 2. The van der Waals surface area contributed by atoms with Crippen LogP contribution in [0.15, 0.2) is 41.3 Å². The largest absolute Gasteiger partial charge is 0.495 e. The first-order valence-corrected chi connectivity index (χ1v) is 11.3. The lowest BCUT2D eigenvalue weighted by Crippen LogP contribution is -2.53. The lowest BCUT2D eigenvalue weighted by atomic mass is 9.97. The predicted octanol–water partition coefficient (Wildman–Crippen LogP) is 4.94. The minimum atomic E-state index is -4.59. The van der Waals surface area contributed by atoms with Gasteiger partial charge in [0.15, 0.2) is 0 Å². The van der Waals surface area contributed by atoms with Gasteiger partial charge < -0.3 is 9.64 Å². The summed E-state index contributed by atoms with van der Waals surface area (Å²) in [5, 5.41) is 0.190. The second kappa shape index (κ2) is 7.53. The van der Waals surface area contributed by atoms with Crippen molar-refractivity contribution in [3.63, 3.8) is 0 Å². The molecule has 5 nitrogen and oxygen atoms in total. The van der Waals surface area contributed by atoms with Crippen LogP contribution >= 0.6 is 11.6 Å². The van der Waals surface area contributed by atoms with E-state index in [4.69, 9.17) is 16.3 Å². The molecule has 0 radical (unpaired) electrons. The summed E-state index contributed by atoms with van der Waals surface area (Å²) in [6.45, 7) is 0.740. The summed E-state index contributed by atoms with van der Waals surface area (Å²) in [6.07, 6.45) is -1.98. The van der Waals surface area contributed by atoms with Crippen LogP contribution in [0.4, 0.5) is 24.5 Å². The summed E-state index contributed by atoms with van der Waals surface area (Å²) >= 11 is 6.02. The number of methoxy groups -OCH3 is 1. The van der Waals surface area contributed by atoms with Gasteiger partial charge in [-0.25, -0.2) is 8.42 Å². The second-order valence-corrected chi connectivity index (χ2v) is 9.64. The molecular formula is C20H20ClF3N2O3S. The summed E-state index contributed by atoms with van der Waals surface area (Å²) in [4.78, 5) is 1.84. The van der Waals surface area contributed by atoms with Crippen molar-refractivity contribution in [3.05, 3.63) is 47.0 Å². The lowest BCUT2D eigenvalue weighted by molar-refractivity contribution is -0.137. The van der Waals surface area contributed by atoms with Crippen LogP contribution in [0.2, 0.25) is 5.02 Å². The molecule has 0 aromatic heterocycles. The zero-order valence-corrected chi connectivity index (χ0v) is 17.7. The molecule has 10 heteroatoms. The van der Waals surface area contributed by atoms with Crippen LogP contribution in [0, 0.1) is 0 Å². The number of sulfonamides is 1. The minimum absolute atomic E-state index is 0.0185. The van der Waals surface area contributed by atoms with Crippen molar-refractivity contribution in [2.45, 2.75) is 36.4 Å². The average molecular weight is 461 g/mol. The average Bonchev–Trinajstić information content (AvgIpc) is 2.72. The van der Waals surface area contributed by atoms with Crippen LogP contribution in [0.5, 0.6) is 5.75 Å². The minimum Gasteiger partial charge on any atom is -0.495 e. The predicted molar refractivity (Wildman–Crippen MR) is 109 cm³/mol. The monoisotopic (exact) mass is 460 g/mol. The van der Waals surface area contributed by atoms with Crippen molar-refractivity contribution in [1.82, 2.24) is 0 Å². The highest BCUT2D eigenvalue weighted by Crippen LogP contribution is 2.45. The molecule has 30 heavy (non-hydrogen) atoms. The number of piperidine rings is 1. The number of alkyl halides is 3. The molecule has 0 unspecified atom stereocenters. The van der Waals surface area contributed by atoms with E-state index >= 15 is 0 Å². The highest BCUT2D eigenvalue weighted by atomic mass is 35.5. The van der Waals surface area contributed by atoms with E-state index in [1.54, 1.807) is 0 Å². The number of fused-ring (bicyclic) bond motifs is 3. The Balaban J connectivity index is 1.90. The van der Waals surface area contributed by atoms with Crippen LogP contribution in [-0.2, 0) is 16.2 Å². The zero-order chi connectivity index (χ0) is 21.7. The third-order valence-corrected chi connectivity index (χ3v) is 7.61. The standard InChI is InChI=1S/C20H20ClF3N2O3S/c1-29-18-8-6-14(21)11-19(18)30(27,28)26-12-15-4-2-3-9-25(15)16-7-5-13(10-17(16)26)20(22,23)24/h5-8,10-11,15H,2-4,9,12H2,1H3/t15-/m1/s1. The molecule has 0 bridgehead atoms. The first kappa shape index (κ1) is 21.1. The fourth-order valence-electron chi connectivity index (χ4n) is 4.14. The van der Waals surface area contributed by atoms with E-state index in [2.05, 4.69) is 0 Å². The van der Waals surface area contributed by atoms with Gasteiger partial charge in [-0.15, -0.1) is 0 Å². The number of rotatable bonds is 3. The van der Waals surface area contributed by atoms with E-state index in [1.807, 2.05) is 4.90 Å². The van der Waals surface area contributed by atoms with E-state index in [9.17, 15) is 21.6 Å². The summed E-state index contributed by atoms with van der Waals surface area (Å²) in [6, 6.07) is 7.36. The van der Waals surface area contributed by atoms with Gasteiger partial charge in [-0.1, -0.05) is 11.6 Å². The number of hydrogen-bond donors (Lipinski definition) is 0. The zero-order valence-electron chi connectivity index (χ0n) is 16.1. The van der Waals surface area contributed by atoms with E-state index in [0.29, 0.717) is 12.2 Å². The van der Waals surface area contributed by atoms with E-state index in [-0.39, 0.29) is 33.9 Å². The lowest BCUT2D eigenvalue weighted by Gasteiger charge is -2.46. The first-order valence-electron chi connectivity index (χ1n) is 9.47. The Kier molecular flexibility index (Phi) is 5.30. The van der Waals surface area contributed by atoms with Crippen LogP contribution < -0.4 is 13.9 Å². The summed E-state index contributed by atoms with van der Waals surface area (Å²) in [7, 11) is -2.89. The smallest absolute Gasteiger partial charge is 0.416 e. The third-order valence-electron chi connectivity index (χ3n) is 5.58. The molecule has 0 N–H and O–H groups in total. The highest BCUT2D eigenvalue weighted by Gasteiger charge is 2.41. The van der Waals surface area contributed by atoms with Gasteiger partial charge in [0.2, 0.25) is 0 Å². The number of halogens is 4. The SMILES string of the molecule is COc1ccc(Cl)cc1S(=O)(=O)N1C[C@H]2CCCCN2c2ccc(C(F)(F)F)cc21. The maximum Gasteiger partial charge on any atom is 0.416 e. The highest BCUT2D eigenvalue weighted by molar-refractivity contribution is 7.93. The van der Waals surface area contributed by atoms with Crippen LogP contribution in [0.25, 0.3) is 0 Å². The molecule has 0 spiro atoms. The maximum absolute atomic E-state index is 13.6. The summed E-state index contributed by atoms with van der Waals surface area (Å²) in [5.41, 5.74) is -0.386. The quantitative estimate of drug-likeness (QED) is 0.651. The van der Waals surface area contributed by atoms with Gasteiger partial charge in [-0.2, -0.15) is 13.2 Å². The molecule has 162 valence electrons. The summed E-state index contributed by atoms with van der Waals surface area (Å²) in [5.74, 6) is 0.0824. The number of anilines is 2. The Morgan fingerprint density at radius 2 is 1.87 bits per heavy atom. The van der Waals surface area contributed by atoms with Crippen LogP contribution in [0.1, 0.15) is 24.8 Å². The third kappa shape index (κ3) is 3.58. The fourth-order valence-corrected chi connectivity index (χ4v) is 6.07. The Morgan fingerprint density at radius 1 is 1.10 bits per heavy atom. The van der Waals surface area contributed by atoms with Crippen molar-refractivity contribution in [2.24, 2.45) is 0 Å². The molecule has 0 saturated carbocycles. The van der Waals surface area contributed by atoms with Crippen molar-refractivity contribution in [2.75, 3.05) is 29.4 Å². The van der Waals surface area contributed by atoms with Gasteiger partial charge in [0.05, 0.1) is 30.6 Å². The van der Waals surface area contributed by atoms with Gasteiger partial charge in [-0.3, -0.25) is 4.31 Å². The number of nitrogens with zero attached hydrogens (tertiary/aromatic N) is 2. The van der Waals surface area contributed by atoms with E-state index in [1.165, 1.54) is 31.4 Å². The normalized spacial score (nSPS) is 19.3. The van der Waals surface area contributed by atoms with Gasteiger partial charge in [0, 0.05) is 17.6 Å². The number of ether oxygens (including phenoxy) is 1. The Hall–Kier alpha value is -2.13. The van der Waals surface area contributed by atoms with Gasteiger partial charge in [-0.05, 0) is 55.7 Å². The maximum atomic E-state index is 13.6. The van der Waals surface area contributed by atoms with Crippen molar-refractivity contribution < 1.29 is 26.3 Å². The van der Waals surface area contributed by atoms with Crippen LogP contribution in [0.3, 0.4) is 0 Å². The molecule has 2 aliphatic rings. The topological polar surface area (TPSA) is 49.9 Å². The summed E-state index contributed by atoms with van der Waals surface area (Å²) < 4.78 is 73.6. The fraction of sp³-hybridized carbons (Fsp3) is 0.400. The van der Waals surface area contributed by atoms with Crippen LogP contribution in [-0.4, -0.2) is 34.7 Å². The molecule has 2 heterocycles. The molecule has 0 amide bonds. The second-order valence-electron chi connectivity index (χ2n) is 7.38. The Morgan fingerprint density at radius 3 is 2.57 bits per heavy atom. The Bertz CT molecular complexity index is 1080. The van der Waals surface area contributed by atoms with E-state index < -0.39 is 21.8 Å². The van der Waals surface area contributed by atoms with Gasteiger partial charge in [0.25, 0.3) is 10.0 Å². The molecule has 2 aromatic carbocycles. The van der Waals surface area contributed by atoms with E-state index in [0.717, 1.165) is 35.7 Å². The molecule has 0 aliphatic carbocycles. The molecule has 2 aliphatic heterocycles. The number of hydrogen-bond acceptors (Lipinski definition) is 4. The van der Waals surface area contributed by atoms with Crippen molar-refractivity contribution in [1.29, 1.82) is 0 Å². The molecule has 4 rings (SSSR count). The van der Waals surface area contributed by atoms with Crippen molar-refractivity contribution >= 4 is 33.0 Å².